The fraction of sp³-hybridized carbons (Fsp3) is 0.205. The largest absolute Gasteiger partial charge is 0.488 e. The molecular formula is C88H91BClI2N7O12. The molecule has 0 aliphatic heterocycles. The molecule has 15 N–H and O–H groups in total. The first-order valence-electron chi connectivity index (χ1n) is 36.4. The second-order valence-corrected chi connectivity index (χ2v) is 29.6. The van der Waals surface area contributed by atoms with Crippen molar-refractivity contribution in [2.45, 2.75) is 115 Å². The standard InChI is InChI=1S/C24H24N2O2.C17H17IN2O2.C17H17NO3.C10H13NO.C7H9BO2.C7H5ClO2.C6H6IN/c1-16-8-10-17(11-9-16)19-5-2-6-20(14-19)25-24(28)26-23-7-3-4-18-12-13-21(27)15-22(18)23;18-12-4-2-5-13(9-12)19-17(22)20-16-6-1-3-11-7-8-14(21)10-15(11)16;19-13-10-9-12-5-4-8-16(15(12)11-13)18-17(20)21-14-6-2-1-3-7-14;11-10-3-1-2-7-4-5-8(12)6-9(7)10;1-6-2-4-7(5-3-6)8(9)10;8-7(9)10-6-4-2-1-3-5-6;7-5-2-1-3-6(8)4-5/h2-11,14,21,27H,12-13,15H2,1H3,(H2,25,26,28);1-6,9,14,21H,7-8,10H2,(H2,19,20,22);1-8,13,19H,9-11H2,(H,18,20);1-3,8,12H,4-6,11H2;2-5,9-10H,1H3;1-5H;1-4H,8H2. The van der Waals surface area contributed by atoms with Crippen LogP contribution in [0, 0.1) is 21.0 Å². The maximum absolute atomic E-state index is 12.6. The van der Waals surface area contributed by atoms with Crippen molar-refractivity contribution < 1.29 is 59.1 Å². The molecular weight excluding hydrogens is 1650 g/mol. The minimum absolute atomic E-state index is 0.192. The Labute approximate surface area is 680 Å². The molecule has 19 nitrogen and oxygen atoms in total. The van der Waals surface area contributed by atoms with Gasteiger partial charge in [0.2, 0.25) is 0 Å². The number of ether oxygens (including phenoxy) is 2. The maximum Gasteiger partial charge on any atom is 0.488 e. The van der Waals surface area contributed by atoms with Crippen molar-refractivity contribution in [3.63, 3.8) is 0 Å². The number of hydrogen-bond acceptors (Lipinski definition) is 14. The first kappa shape index (κ1) is 84.9. The molecule has 4 aliphatic rings. The molecule has 4 aliphatic carbocycles. The van der Waals surface area contributed by atoms with Crippen LogP contribution in [0.5, 0.6) is 11.5 Å². The molecule has 11 aromatic carbocycles. The van der Waals surface area contributed by atoms with Crippen molar-refractivity contribution >= 4 is 133 Å². The highest BCUT2D eigenvalue weighted by atomic mass is 127. The Morgan fingerprint density at radius 2 is 0.793 bits per heavy atom. The highest BCUT2D eigenvalue weighted by Crippen LogP contribution is 2.33. The predicted molar refractivity (Wildman–Crippen MR) is 462 cm³/mol. The lowest BCUT2D eigenvalue weighted by molar-refractivity contribution is 0.158. The molecule has 0 heterocycles. The molecule has 111 heavy (non-hydrogen) atoms. The first-order valence-corrected chi connectivity index (χ1v) is 38.9. The van der Waals surface area contributed by atoms with Gasteiger partial charge in [0.1, 0.15) is 11.5 Å². The number of urea groups is 2. The van der Waals surface area contributed by atoms with Gasteiger partial charge in [-0.05, 0) is 269 Å². The summed E-state index contributed by atoms with van der Waals surface area (Å²) < 4.78 is 12.0. The number of nitrogen functional groups attached to an aromatic ring is 2. The highest BCUT2D eigenvalue weighted by Gasteiger charge is 2.24. The third-order valence-corrected chi connectivity index (χ3v) is 19.7. The number of nitrogens with two attached hydrogens (primary N) is 2. The van der Waals surface area contributed by atoms with E-state index in [2.05, 4.69) is 126 Å². The summed E-state index contributed by atoms with van der Waals surface area (Å²) in [6.07, 6.45) is 7.42. The summed E-state index contributed by atoms with van der Waals surface area (Å²) >= 11 is 9.38. The Kier molecular flexibility index (Phi) is 33.2. The number of amides is 5. The van der Waals surface area contributed by atoms with Gasteiger partial charge in [0.25, 0.3) is 0 Å². The van der Waals surface area contributed by atoms with Crippen LogP contribution in [0.15, 0.2) is 255 Å². The van der Waals surface area contributed by atoms with Crippen LogP contribution in [0.25, 0.3) is 11.1 Å². The number of para-hydroxylation sites is 2. The second kappa shape index (κ2) is 43.5. The number of aliphatic hydroxyl groups excluding tert-OH is 4. The number of rotatable bonds is 9. The SMILES string of the molecule is Cc1ccc(-c2cccc(NC(=O)Nc3cccc4c3CC(O)CC4)c2)cc1.Cc1ccc(B(O)O)cc1.Nc1cccc(I)c1.Nc1cccc2c1CC(O)CC2.O=C(Cl)Oc1ccccc1.O=C(Nc1cccc(I)c1)Nc1cccc2c1CC(O)CC2.O=C(Nc1cccc2c1CC(O)CC2)Oc1ccccc1. The molecule has 0 radical (unpaired) electrons. The number of carbonyl (C=O) groups is 4. The highest BCUT2D eigenvalue weighted by molar-refractivity contribution is 14.1. The van der Waals surface area contributed by atoms with E-state index >= 15 is 0 Å². The molecule has 574 valence electrons. The molecule has 0 saturated heterocycles. The van der Waals surface area contributed by atoms with Crippen molar-refractivity contribution in [2.75, 3.05) is 38.1 Å². The average molecular weight is 1740 g/mol. The van der Waals surface area contributed by atoms with E-state index in [0.29, 0.717) is 41.9 Å². The number of aryl methyl sites for hydroxylation is 6. The van der Waals surface area contributed by atoms with Gasteiger partial charge in [0.05, 0.1) is 24.4 Å². The third kappa shape index (κ3) is 28.3. The van der Waals surface area contributed by atoms with Crippen molar-refractivity contribution in [1.29, 1.82) is 0 Å². The second-order valence-electron chi connectivity index (χ2n) is 26.8. The summed E-state index contributed by atoms with van der Waals surface area (Å²) in [5.74, 6) is 0.960. The summed E-state index contributed by atoms with van der Waals surface area (Å²) in [5, 5.41) is 70.8. The zero-order chi connectivity index (χ0) is 79.2. The summed E-state index contributed by atoms with van der Waals surface area (Å²) in [6, 6.07) is 79.2. The van der Waals surface area contributed by atoms with E-state index in [1.165, 1.54) is 31.4 Å². The van der Waals surface area contributed by atoms with Crippen LogP contribution in [0.4, 0.5) is 59.0 Å². The van der Waals surface area contributed by atoms with Crippen LogP contribution >= 0.6 is 56.8 Å². The lowest BCUT2D eigenvalue weighted by Gasteiger charge is -2.23. The van der Waals surface area contributed by atoms with E-state index < -0.39 is 18.6 Å². The lowest BCUT2D eigenvalue weighted by atomic mass is 9.80. The minimum Gasteiger partial charge on any atom is -0.423 e. The smallest absolute Gasteiger partial charge is 0.423 e. The summed E-state index contributed by atoms with van der Waals surface area (Å²) in [6.45, 7) is 4.01. The molecule has 0 saturated carbocycles. The van der Waals surface area contributed by atoms with Crippen molar-refractivity contribution in [2.24, 2.45) is 0 Å². The van der Waals surface area contributed by atoms with Gasteiger partial charge in [-0.1, -0.05) is 169 Å². The molecule has 5 amide bonds. The van der Waals surface area contributed by atoms with Gasteiger partial charge in [-0.15, -0.1) is 0 Å². The van der Waals surface area contributed by atoms with Gasteiger partial charge < -0.3 is 72.7 Å². The van der Waals surface area contributed by atoms with Gasteiger partial charge >= 0.3 is 30.7 Å². The fourth-order valence-electron chi connectivity index (χ4n) is 12.7. The average Bonchev–Trinajstić information content (AvgIpc) is 0.827. The molecule has 0 fully saturated rings. The van der Waals surface area contributed by atoms with Gasteiger partial charge in [0.15, 0.2) is 0 Å². The number of benzene rings is 11. The van der Waals surface area contributed by atoms with E-state index in [9.17, 15) is 39.6 Å². The number of fused-ring (bicyclic) bond motifs is 4. The molecule has 0 bridgehead atoms. The van der Waals surface area contributed by atoms with Crippen molar-refractivity contribution in [1.82, 2.24) is 0 Å². The molecule has 0 spiro atoms. The van der Waals surface area contributed by atoms with Crippen molar-refractivity contribution in [3.05, 3.63) is 318 Å². The number of halogens is 3. The molecule has 0 aromatic heterocycles. The predicted octanol–water partition coefficient (Wildman–Crippen LogP) is 17.2. The van der Waals surface area contributed by atoms with Crippen LogP contribution in [0.1, 0.15) is 81.3 Å². The zero-order valence-corrected chi connectivity index (χ0v) is 66.6. The van der Waals surface area contributed by atoms with E-state index in [1.807, 2.05) is 171 Å². The number of hydrogen-bond donors (Lipinski definition) is 13. The monoisotopic (exact) mass is 1740 g/mol. The van der Waals surface area contributed by atoms with E-state index in [1.54, 1.807) is 48.5 Å². The van der Waals surface area contributed by atoms with Crippen LogP contribution in [-0.4, -0.2) is 85.6 Å². The van der Waals surface area contributed by atoms with Gasteiger partial charge in [-0.3, -0.25) is 5.32 Å². The molecule has 15 rings (SSSR count). The van der Waals surface area contributed by atoms with Gasteiger partial charge in [-0.2, -0.15) is 0 Å². The Bertz CT molecular complexity index is 4840. The van der Waals surface area contributed by atoms with E-state index in [0.717, 1.165) is 134 Å². The number of nitrogens with one attached hydrogen (secondary N) is 5. The van der Waals surface area contributed by atoms with Crippen LogP contribution in [-0.2, 0) is 51.4 Å². The first-order chi connectivity index (χ1) is 53.5. The number of anilines is 7. The Hall–Kier alpha value is -10.1. The summed E-state index contributed by atoms with van der Waals surface area (Å²) in [4.78, 5) is 46.8. The van der Waals surface area contributed by atoms with Crippen LogP contribution < -0.4 is 53.0 Å². The van der Waals surface area contributed by atoms with Gasteiger partial charge in [0, 0.05) is 84.2 Å². The van der Waals surface area contributed by atoms with Crippen LogP contribution in [0.2, 0.25) is 0 Å². The maximum atomic E-state index is 12.6. The Balaban J connectivity index is 0.000000155. The Morgan fingerprint density at radius 1 is 0.405 bits per heavy atom. The van der Waals surface area contributed by atoms with E-state index in [4.69, 9.17) is 37.9 Å². The molecule has 4 atom stereocenters. The fourth-order valence-corrected chi connectivity index (χ4v) is 13.9. The zero-order valence-electron chi connectivity index (χ0n) is 61.5. The third-order valence-electron chi connectivity index (χ3n) is 18.3. The summed E-state index contributed by atoms with van der Waals surface area (Å²) in [5.41, 5.74) is 30.0. The molecule has 4 unspecified atom stereocenters. The molecule has 23 heteroatoms. The molecule has 11 aromatic rings. The number of carbonyl (C=O) groups excluding carboxylic acids is 4. The summed E-state index contributed by atoms with van der Waals surface area (Å²) in [7, 11) is -1.35. The number of aliphatic hydroxyl groups is 4. The normalized spacial score (nSPS) is 15.1. The topological polar surface area (TPSA) is 320 Å². The van der Waals surface area contributed by atoms with Crippen LogP contribution in [0.3, 0.4) is 0 Å². The quantitative estimate of drug-likeness (QED) is 0.0277. The Morgan fingerprint density at radius 3 is 1.23 bits per heavy atom. The minimum atomic E-state index is -1.35. The van der Waals surface area contributed by atoms with E-state index in [-0.39, 0.29) is 36.5 Å². The lowest BCUT2D eigenvalue weighted by Crippen LogP contribution is -2.29. The van der Waals surface area contributed by atoms with Crippen molar-refractivity contribution in [3.8, 4) is 22.6 Å². The van der Waals surface area contributed by atoms with Gasteiger partial charge in [-0.25, -0.2) is 19.2 Å².